The van der Waals surface area contributed by atoms with E-state index in [0.717, 1.165) is 30.0 Å². The number of carbonyl (C=O) groups excluding carboxylic acids is 1. The molecule has 0 saturated heterocycles. The average molecular weight is 298 g/mol. The molecule has 0 unspecified atom stereocenters. The van der Waals surface area contributed by atoms with E-state index in [-0.39, 0.29) is 5.91 Å². The van der Waals surface area contributed by atoms with Crippen molar-refractivity contribution in [3.05, 3.63) is 59.7 Å². The van der Waals surface area contributed by atoms with Crippen molar-refractivity contribution in [2.75, 3.05) is 25.5 Å². The Morgan fingerprint density at radius 3 is 2.50 bits per heavy atom. The Morgan fingerprint density at radius 2 is 1.82 bits per heavy atom. The van der Waals surface area contributed by atoms with Gasteiger partial charge in [-0.15, -0.1) is 0 Å². The standard InChI is InChI=1S/C18H22N2O2/c1-3-22-16-10-8-15(9-11-16)20-18(21)17-7-5-4-6-14(17)12-13-19-2/h4-11,19H,3,12-13H2,1-2H3,(H,20,21). The van der Waals surface area contributed by atoms with Crippen LogP contribution in [0.3, 0.4) is 0 Å². The van der Waals surface area contributed by atoms with Crippen LogP contribution in [0.1, 0.15) is 22.8 Å². The summed E-state index contributed by atoms with van der Waals surface area (Å²) in [6, 6.07) is 15.1. The smallest absolute Gasteiger partial charge is 0.255 e. The average Bonchev–Trinajstić information content (AvgIpc) is 2.55. The highest BCUT2D eigenvalue weighted by Gasteiger charge is 2.10. The van der Waals surface area contributed by atoms with Gasteiger partial charge in [-0.1, -0.05) is 18.2 Å². The number of benzene rings is 2. The first-order chi connectivity index (χ1) is 10.7. The van der Waals surface area contributed by atoms with Crippen molar-refractivity contribution < 1.29 is 9.53 Å². The lowest BCUT2D eigenvalue weighted by Crippen LogP contribution is -2.17. The minimum absolute atomic E-state index is 0.0872. The van der Waals surface area contributed by atoms with Crippen LogP contribution in [0, 0.1) is 0 Å². The first-order valence-electron chi connectivity index (χ1n) is 7.51. The van der Waals surface area contributed by atoms with Gasteiger partial charge >= 0.3 is 0 Å². The molecule has 0 atom stereocenters. The molecule has 0 aromatic heterocycles. The van der Waals surface area contributed by atoms with Crippen LogP contribution < -0.4 is 15.4 Å². The van der Waals surface area contributed by atoms with Crippen LogP contribution >= 0.6 is 0 Å². The van der Waals surface area contributed by atoms with Gasteiger partial charge in [0.15, 0.2) is 0 Å². The molecule has 22 heavy (non-hydrogen) atoms. The van der Waals surface area contributed by atoms with Crippen LogP contribution in [0.4, 0.5) is 5.69 Å². The van der Waals surface area contributed by atoms with Gasteiger partial charge in [-0.25, -0.2) is 0 Å². The quantitative estimate of drug-likeness (QED) is 0.826. The highest BCUT2D eigenvalue weighted by atomic mass is 16.5. The first kappa shape index (κ1) is 16.0. The van der Waals surface area contributed by atoms with Crippen molar-refractivity contribution in [1.29, 1.82) is 0 Å². The maximum atomic E-state index is 12.4. The Bertz CT molecular complexity index is 609. The zero-order valence-electron chi connectivity index (χ0n) is 13.1. The van der Waals surface area contributed by atoms with Gasteiger partial charge in [-0.2, -0.15) is 0 Å². The molecule has 116 valence electrons. The Morgan fingerprint density at radius 1 is 1.09 bits per heavy atom. The summed E-state index contributed by atoms with van der Waals surface area (Å²) in [5.41, 5.74) is 2.52. The number of amides is 1. The van der Waals surface area contributed by atoms with E-state index in [1.165, 1.54) is 0 Å². The summed E-state index contributed by atoms with van der Waals surface area (Å²) < 4.78 is 5.39. The third kappa shape index (κ3) is 4.33. The first-order valence-corrected chi connectivity index (χ1v) is 7.51. The number of nitrogens with one attached hydrogen (secondary N) is 2. The van der Waals surface area contributed by atoms with Gasteiger partial charge in [0.2, 0.25) is 0 Å². The molecule has 2 N–H and O–H groups in total. The predicted octanol–water partition coefficient (Wildman–Crippen LogP) is 3.10. The SMILES string of the molecule is CCOc1ccc(NC(=O)c2ccccc2CCNC)cc1. The van der Waals surface area contributed by atoms with Crippen LogP contribution in [0.5, 0.6) is 5.75 Å². The van der Waals surface area contributed by atoms with Crippen molar-refractivity contribution in [3.8, 4) is 5.75 Å². The van der Waals surface area contributed by atoms with Crippen molar-refractivity contribution in [2.45, 2.75) is 13.3 Å². The highest BCUT2D eigenvalue weighted by molar-refractivity contribution is 6.05. The fourth-order valence-corrected chi connectivity index (χ4v) is 2.22. The predicted molar refractivity (Wildman–Crippen MR) is 89.6 cm³/mol. The molecule has 0 aliphatic rings. The molecule has 0 radical (unpaired) electrons. The van der Waals surface area contributed by atoms with E-state index in [9.17, 15) is 4.79 Å². The Balaban J connectivity index is 2.08. The third-order valence-electron chi connectivity index (χ3n) is 3.33. The van der Waals surface area contributed by atoms with Crippen molar-refractivity contribution in [3.63, 3.8) is 0 Å². The molecule has 0 bridgehead atoms. The zero-order valence-corrected chi connectivity index (χ0v) is 13.1. The molecule has 2 aromatic rings. The fraction of sp³-hybridized carbons (Fsp3) is 0.278. The summed E-state index contributed by atoms with van der Waals surface area (Å²) in [6.45, 7) is 3.41. The number of carbonyl (C=O) groups is 1. The molecular weight excluding hydrogens is 276 g/mol. The minimum Gasteiger partial charge on any atom is -0.494 e. The molecule has 1 amide bonds. The lowest BCUT2D eigenvalue weighted by atomic mass is 10.0. The number of hydrogen-bond acceptors (Lipinski definition) is 3. The minimum atomic E-state index is -0.0872. The molecule has 0 aliphatic carbocycles. The molecule has 2 aromatic carbocycles. The van der Waals surface area contributed by atoms with Crippen molar-refractivity contribution >= 4 is 11.6 Å². The second-order valence-corrected chi connectivity index (χ2v) is 4.92. The van der Waals surface area contributed by atoms with E-state index < -0.39 is 0 Å². The molecule has 4 nitrogen and oxygen atoms in total. The maximum absolute atomic E-state index is 12.4. The number of hydrogen-bond donors (Lipinski definition) is 2. The second-order valence-electron chi connectivity index (χ2n) is 4.92. The largest absolute Gasteiger partial charge is 0.494 e. The summed E-state index contributed by atoms with van der Waals surface area (Å²) in [6.07, 6.45) is 0.823. The molecule has 0 aliphatic heterocycles. The summed E-state index contributed by atoms with van der Waals surface area (Å²) in [5, 5.41) is 6.03. The molecule has 4 heteroatoms. The van der Waals surface area contributed by atoms with Gasteiger partial charge < -0.3 is 15.4 Å². The van der Waals surface area contributed by atoms with E-state index in [0.29, 0.717) is 12.2 Å². The number of likely N-dealkylation sites (N-methyl/N-ethyl adjacent to an activating group) is 1. The van der Waals surface area contributed by atoms with Crippen LogP contribution in [-0.2, 0) is 6.42 Å². The monoisotopic (exact) mass is 298 g/mol. The molecule has 2 rings (SSSR count). The lowest BCUT2D eigenvalue weighted by Gasteiger charge is -2.11. The second kappa shape index (κ2) is 8.20. The maximum Gasteiger partial charge on any atom is 0.255 e. The number of rotatable bonds is 7. The van der Waals surface area contributed by atoms with Crippen LogP contribution in [0.2, 0.25) is 0 Å². The van der Waals surface area contributed by atoms with E-state index in [1.54, 1.807) is 0 Å². The summed E-state index contributed by atoms with van der Waals surface area (Å²) >= 11 is 0. The van der Waals surface area contributed by atoms with Crippen LogP contribution in [0.15, 0.2) is 48.5 Å². The lowest BCUT2D eigenvalue weighted by molar-refractivity contribution is 0.102. The molecule has 0 saturated carbocycles. The van der Waals surface area contributed by atoms with Crippen LogP contribution in [0.25, 0.3) is 0 Å². The van der Waals surface area contributed by atoms with Crippen molar-refractivity contribution in [1.82, 2.24) is 5.32 Å². The summed E-state index contributed by atoms with van der Waals surface area (Å²) in [4.78, 5) is 12.4. The van der Waals surface area contributed by atoms with Gasteiger partial charge in [0, 0.05) is 11.3 Å². The number of ether oxygens (including phenoxy) is 1. The van der Waals surface area contributed by atoms with Crippen LogP contribution in [-0.4, -0.2) is 26.1 Å². The van der Waals surface area contributed by atoms with Gasteiger partial charge in [-0.05, 0) is 62.8 Å². The Labute approximate surface area is 131 Å². The third-order valence-corrected chi connectivity index (χ3v) is 3.33. The van der Waals surface area contributed by atoms with Gasteiger partial charge in [-0.3, -0.25) is 4.79 Å². The molecular formula is C18H22N2O2. The summed E-state index contributed by atoms with van der Waals surface area (Å²) in [5.74, 6) is 0.714. The van der Waals surface area contributed by atoms with E-state index in [2.05, 4.69) is 10.6 Å². The number of anilines is 1. The van der Waals surface area contributed by atoms with Gasteiger partial charge in [0.05, 0.1) is 6.61 Å². The van der Waals surface area contributed by atoms with E-state index in [1.807, 2.05) is 62.5 Å². The van der Waals surface area contributed by atoms with E-state index in [4.69, 9.17) is 4.74 Å². The Kier molecular flexibility index (Phi) is 5.98. The summed E-state index contributed by atoms with van der Waals surface area (Å²) in [7, 11) is 1.91. The van der Waals surface area contributed by atoms with Gasteiger partial charge in [0.1, 0.15) is 5.75 Å². The van der Waals surface area contributed by atoms with Gasteiger partial charge in [0.25, 0.3) is 5.91 Å². The van der Waals surface area contributed by atoms with Crippen molar-refractivity contribution in [2.24, 2.45) is 0 Å². The normalized spacial score (nSPS) is 10.3. The molecule has 0 spiro atoms. The highest BCUT2D eigenvalue weighted by Crippen LogP contribution is 2.17. The fourth-order valence-electron chi connectivity index (χ4n) is 2.22. The Hall–Kier alpha value is -2.33. The molecule has 0 heterocycles. The molecule has 0 fully saturated rings. The van der Waals surface area contributed by atoms with E-state index >= 15 is 0 Å². The zero-order chi connectivity index (χ0) is 15.8. The topological polar surface area (TPSA) is 50.4 Å².